The fraction of sp³-hybridized carbons (Fsp3) is 0.522. The molecule has 5 rings (SSSR count). The quantitative estimate of drug-likeness (QED) is 0.809. The van der Waals surface area contributed by atoms with Crippen LogP contribution in [-0.4, -0.2) is 52.8 Å². The van der Waals surface area contributed by atoms with Crippen molar-refractivity contribution in [3.63, 3.8) is 0 Å². The number of nitrogens with one attached hydrogen (secondary N) is 1. The first kappa shape index (κ1) is 19.3. The molecule has 1 saturated heterocycles. The molecule has 1 aromatic carbocycles. The van der Waals surface area contributed by atoms with Crippen LogP contribution >= 0.6 is 0 Å². The lowest BCUT2D eigenvalue weighted by Crippen LogP contribution is -2.49. The lowest BCUT2D eigenvalue weighted by Gasteiger charge is -2.35. The smallest absolute Gasteiger partial charge is 0.251 e. The Labute approximate surface area is 176 Å². The third-order valence-electron chi connectivity index (χ3n) is 6.71. The molecule has 0 spiro atoms. The second kappa shape index (κ2) is 7.87. The molecule has 0 radical (unpaired) electrons. The van der Waals surface area contributed by atoms with Crippen LogP contribution < -0.4 is 15.0 Å². The summed E-state index contributed by atoms with van der Waals surface area (Å²) in [6, 6.07) is 7.34. The Morgan fingerprint density at radius 1 is 1.23 bits per heavy atom. The van der Waals surface area contributed by atoms with Gasteiger partial charge in [0.1, 0.15) is 17.4 Å². The number of ether oxygens (including phenoxy) is 1. The molecule has 1 aliphatic carbocycles. The van der Waals surface area contributed by atoms with Gasteiger partial charge in [0.05, 0.1) is 18.8 Å². The topological polar surface area (TPSA) is 87.6 Å². The van der Waals surface area contributed by atoms with Gasteiger partial charge in [0.25, 0.3) is 5.91 Å². The summed E-state index contributed by atoms with van der Waals surface area (Å²) in [7, 11) is 0. The van der Waals surface area contributed by atoms with Gasteiger partial charge in [-0.25, -0.2) is 9.97 Å². The highest BCUT2D eigenvalue weighted by atomic mass is 16.5. The zero-order chi connectivity index (χ0) is 20.7. The summed E-state index contributed by atoms with van der Waals surface area (Å²) in [5.74, 6) is 3.33. The molecule has 3 aliphatic rings. The number of rotatable bonds is 3. The SMILES string of the molecule is Cc1nccc(N2C[C@H]3C[C@H](O)[C@@H](NC(=O)c4ccc5c(c4)CCCO5)C[C@H]3C2)n1. The molecule has 0 bridgehead atoms. The highest BCUT2D eigenvalue weighted by Gasteiger charge is 2.42. The van der Waals surface area contributed by atoms with E-state index in [1.807, 2.05) is 31.2 Å². The number of aliphatic hydroxyl groups excluding tert-OH is 1. The summed E-state index contributed by atoms with van der Waals surface area (Å²) in [6.45, 7) is 4.43. The summed E-state index contributed by atoms with van der Waals surface area (Å²) < 4.78 is 5.64. The molecule has 158 valence electrons. The van der Waals surface area contributed by atoms with Gasteiger partial charge in [-0.1, -0.05) is 0 Å². The van der Waals surface area contributed by atoms with Crippen LogP contribution in [0.3, 0.4) is 0 Å². The van der Waals surface area contributed by atoms with Gasteiger partial charge in [-0.15, -0.1) is 0 Å². The predicted molar refractivity (Wildman–Crippen MR) is 113 cm³/mol. The molecule has 30 heavy (non-hydrogen) atoms. The third-order valence-corrected chi connectivity index (χ3v) is 6.71. The first-order chi connectivity index (χ1) is 14.6. The van der Waals surface area contributed by atoms with Crippen LogP contribution in [0.2, 0.25) is 0 Å². The number of carbonyl (C=O) groups excluding carboxylic acids is 1. The number of amides is 1. The zero-order valence-corrected chi connectivity index (χ0v) is 17.3. The van der Waals surface area contributed by atoms with Crippen LogP contribution in [0.4, 0.5) is 5.82 Å². The summed E-state index contributed by atoms with van der Waals surface area (Å²) in [4.78, 5) is 23.9. The van der Waals surface area contributed by atoms with Gasteiger partial charge in [-0.2, -0.15) is 0 Å². The van der Waals surface area contributed by atoms with E-state index in [-0.39, 0.29) is 11.9 Å². The van der Waals surface area contributed by atoms with Crippen molar-refractivity contribution in [1.82, 2.24) is 15.3 Å². The molecule has 2 aromatic rings. The van der Waals surface area contributed by atoms with E-state index in [0.29, 0.717) is 23.8 Å². The minimum absolute atomic E-state index is 0.118. The van der Waals surface area contributed by atoms with Gasteiger partial charge in [0.2, 0.25) is 0 Å². The lowest BCUT2D eigenvalue weighted by molar-refractivity contribution is 0.0462. The van der Waals surface area contributed by atoms with Crippen molar-refractivity contribution in [2.24, 2.45) is 11.8 Å². The molecule has 3 heterocycles. The van der Waals surface area contributed by atoms with E-state index in [9.17, 15) is 9.90 Å². The molecule has 1 saturated carbocycles. The number of benzene rings is 1. The average molecular weight is 409 g/mol. The van der Waals surface area contributed by atoms with Crippen LogP contribution in [0.15, 0.2) is 30.5 Å². The standard InChI is InChI=1S/C23H28N4O3/c1-14-24-7-6-22(25-14)27-12-17-10-19(20(28)11-18(17)13-27)26-23(29)16-4-5-21-15(9-16)3-2-8-30-21/h4-7,9,17-20,28H,2-3,8,10-13H2,1H3,(H,26,29)/t17-,18+,19-,20-/m0/s1. The fourth-order valence-corrected chi connectivity index (χ4v) is 5.15. The van der Waals surface area contributed by atoms with E-state index < -0.39 is 6.10 Å². The molecule has 2 fully saturated rings. The summed E-state index contributed by atoms with van der Waals surface area (Å²) >= 11 is 0. The van der Waals surface area contributed by atoms with Gasteiger partial charge in [0, 0.05) is 24.8 Å². The number of aromatic nitrogens is 2. The number of hydrogen-bond acceptors (Lipinski definition) is 6. The van der Waals surface area contributed by atoms with Crippen molar-refractivity contribution in [2.75, 3.05) is 24.6 Å². The minimum Gasteiger partial charge on any atom is -0.493 e. The van der Waals surface area contributed by atoms with Crippen molar-refractivity contribution >= 4 is 11.7 Å². The van der Waals surface area contributed by atoms with E-state index in [1.165, 1.54) is 0 Å². The Kier molecular flexibility index (Phi) is 5.06. The van der Waals surface area contributed by atoms with Crippen LogP contribution in [0.25, 0.3) is 0 Å². The van der Waals surface area contributed by atoms with Crippen LogP contribution in [0.5, 0.6) is 5.75 Å². The van der Waals surface area contributed by atoms with Gasteiger partial charge in [-0.05, 0) is 74.3 Å². The molecule has 4 atom stereocenters. The molecular weight excluding hydrogens is 380 g/mol. The maximum absolute atomic E-state index is 12.9. The molecule has 7 nitrogen and oxygen atoms in total. The van der Waals surface area contributed by atoms with E-state index in [0.717, 1.165) is 61.9 Å². The maximum atomic E-state index is 12.9. The van der Waals surface area contributed by atoms with Gasteiger partial charge in [-0.3, -0.25) is 4.79 Å². The monoisotopic (exact) mass is 408 g/mol. The average Bonchev–Trinajstić information content (AvgIpc) is 3.16. The Hall–Kier alpha value is -2.67. The van der Waals surface area contributed by atoms with Crippen molar-refractivity contribution in [2.45, 2.75) is 44.8 Å². The molecular formula is C23H28N4O3. The highest BCUT2D eigenvalue weighted by molar-refractivity contribution is 5.94. The van der Waals surface area contributed by atoms with E-state index in [2.05, 4.69) is 20.2 Å². The van der Waals surface area contributed by atoms with E-state index >= 15 is 0 Å². The summed E-state index contributed by atoms with van der Waals surface area (Å²) in [5, 5.41) is 13.8. The summed E-state index contributed by atoms with van der Waals surface area (Å²) in [6.07, 6.45) is 4.67. The number of carbonyl (C=O) groups is 1. The number of anilines is 1. The molecule has 0 unspecified atom stereocenters. The van der Waals surface area contributed by atoms with Crippen LogP contribution in [-0.2, 0) is 6.42 Å². The fourth-order valence-electron chi connectivity index (χ4n) is 5.15. The first-order valence-electron chi connectivity index (χ1n) is 10.9. The number of fused-ring (bicyclic) bond motifs is 2. The Balaban J connectivity index is 1.25. The van der Waals surface area contributed by atoms with Gasteiger partial charge in [0.15, 0.2) is 0 Å². The number of aliphatic hydroxyl groups is 1. The molecule has 7 heteroatoms. The van der Waals surface area contributed by atoms with Crippen LogP contribution in [0, 0.1) is 18.8 Å². The molecule has 1 aromatic heterocycles. The highest BCUT2D eigenvalue weighted by Crippen LogP contribution is 2.38. The van der Waals surface area contributed by atoms with Crippen molar-refractivity contribution in [3.8, 4) is 5.75 Å². The largest absolute Gasteiger partial charge is 0.493 e. The minimum atomic E-state index is -0.525. The molecule has 1 amide bonds. The number of nitrogens with zero attached hydrogens (tertiary/aromatic N) is 3. The summed E-state index contributed by atoms with van der Waals surface area (Å²) in [5.41, 5.74) is 1.72. The van der Waals surface area contributed by atoms with E-state index in [1.54, 1.807) is 6.20 Å². The Morgan fingerprint density at radius 3 is 2.90 bits per heavy atom. The zero-order valence-electron chi connectivity index (χ0n) is 17.3. The number of hydrogen-bond donors (Lipinski definition) is 2. The van der Waals surface area contributed by atoms with Crippen molar-refractivity contribution < 1.29 is 14.6 Å². The second-order valence-corrected chi connectivity index (χ2v) is 8.78. The van der Waals surface area contributed by atoms with Gasteiger partial charge >= 0.3 is 0 Å². The first-order valence-corrected chi connectivity index (χ1v) is 10.9. The van der Waals surface area contributed by atoms with E-state index in [4.69, 9.17) is 4.74 Å². The van der Waals surface area contributed by atoms with Crippen molar-refractivity contribution in [3.05, 3.63) is 47.4 Å². The number of aryl methyl sites for hydroxylation is 2. The second-order valence-electron chi connectivity index (χ2n) is 8.78. The van der Waals surface area contributed by atoms with Gasteiger partial charge < -0.3 is 20.1 Å². The Bertz CT molecular complexity index is 950. The van der Waals surface area contributed by atoms with Crippen molar-refractivity contribution in [1.29, 1.82) is 0 Å². The molecule has 2 aliphatic heterocycles. The predicted octanol–water partition coefficient (Wildman–Crippen LogP) is 2.12. The maximum Gasteiger partial charge on any atom is 0.251 e. The molecule has 2 N–H and O–H groups in total. The normalized spacial score (nSPS) is 27.7. The Morgan fingerprint density at radius 2 is 2.07 bits per heavy atom. The van der Waals surface area contributed by atoms with Crippen LogP contribution in [0.1, 0.15) is 41.0 Å². The third kappa shape index (κ3) is 3.74. The lowest BCUT2D eigenvalue weighted by atomic mass is 9.77.